The minimum absolute atomic E-state index is 0.0720. The number of nitrogens with one attached hydrogen (secondary N) is 1. The van der Waals surface area contributed by atoms with Crippen molar-refractivity contribution in [1.29, 1.82) is 0 Å². The van der Waals surface area contributed by atoms with Gasteiger partial charge in [-0.25, -0.2) is 0 Å². The molecule has 1 fully saturated rings. The highest BCUT2D eigenvalue weighted by Gasteiger charge is 2.33. The van der Waals surface area contributed by atoms with Gasteiger partial charge in [0, 0.05) is 43.0 Å². The summed E-state index contributed by atoms with van der Waals surface area (Å²) in [5.41, 5.74) is 5.77. The van der Waals surface area contributed by atoms with Gasteiger partial charge in [0.2, 0.25) is 0 Å². The van der Waals surface area contributed by atoms with Gasteiger partial charge < -0.3 is 16.0 Å². The molecule has 1 aliphatic rings. The van der Waals surface area contributed by atoms with Crippen LogP contribution in [0.4, 0.5) is 30.2 Å². The lowest BCUT2D eigenvalue weighted by atomic mass is 10.0. The molecule has 2 aromatic rings. The normalized spacial score (nSPS) is 15.1. The SMILES string of the molecule is C=CC=N/C(=C\C)C(=O)Nc1ccc(N2CCCCC2)cc1C(=O)/C(C=Nc1ccc(Cl)c(C(F)(F)F)c1)=C/N. The van der Waals surface area contributed by atoms with Gasteiger partial charge >= 0.3 is 6.18 Å². The number of Topliss-reactive ketones (excluding diaryl/α,β-unsaturated/α-hetero) is 1. The Morgan fingerprint density at radius 2 is 1.85 bits per heavy atom. The maximum atomic E-state index is 13.7. The zero-order valence-corrected chi connectivity index (χ0v) is 22.6. The molecule has 3 N–H and O–H groups in total. The van der Waals surface area contributed by atoms with Gasteiger partial charge in [-0.1, -0.05) is 30.3 Å². The Hall–Kier alpha value is -4.18. The maximum absolute atomic E-state index is 13.7. The Kier molecular flexibility index (Phi) is 10.4. The number of ketones is 1. The van der Waals surface area contributed by atoms with Crippen LogP contribution in [0.15, 0.2) is 82.6 Å². The van der Waals surface area contributed by atoms with Gasteiger partial charge in [0.1, 0.15) is 5.70 Å². The molecule has 11 heteroatoms. The number of allylic oxidation sites excluding steroid dienone is 3. The number of hydrogen-bond acceptors (Lipinski definition) is 6. The monoisotopic (exact) mass is 571 g/mol. The van der Waals surface area contributed by atoms with E-state index in [1.54, 1.807) is 19.1 Å². The first-order valence-corrected chi connectivity index (χ1v) is 12.9. The number of carbonyl (C=O) groups excluding carboxylic acids is 2. The predicted octanol–water partition coefficient (Wildman–Crippen LogP) is 6.88. The summed E-state index contributed by atoms with van der Waals surface area (Å²) in [7, 11) is 0. The van der Waals surface area contributed by atoms with Crippen molar-refractivity contribution >= 4 is 52.8 Å². The molecule has 0 radical (unpaired) electrons. The van der Waals surface area contributed by atoms with Crippen LogP contribution in [0.1, 0.15) is 42.1 Å². The lowest BCUT2D eigenvalue weighted by molar-refractivity contribution is -0.137. The summed E-state index contributed by atoms with van der Waals surface area (Å²) >= 11 is 5.69. The summed E-state index contributed by atoms with van der Waals surface area (Å²) in [5, 5.41) is 2.25. The molecule has 1 saturated heterocycles. The van der Waals surface area contributed by atoms with Crippen LogP contribution in [0.25, 0.3) is 0 Å². The fraction of sp³-hybridized carbons (Fsp3) is 0.241. The van der Waals surface area contributed by atoms with Crippen LogP contribution in [0.5, 0.6) is 0 Å². The molecule has 7 nitrogen and oxygen atoms in total. The maximum Gasteiger partial charge on any atom is 0.417 e. The van der Waals surface area contributed by atoms with E-state index in [0.717, 1.165) is 62.6 Å². The first-order valence-electron chi connectivity index (χ1n) is 12.5. The molecule has 1 amide bonds. The summed E-state index contributed by atoms with van der Waals surface area (Å²) in [5.74, 6) is -1.13. The van der Waals surface area contributed by atoms with Crippen molar-refractivity contribution in [2.24, 2.45) is 15.7 Å². The van der Waals surface area contributed by atoms with Crippen LogP contribution in [-0.4, -0.2) is 37.2 Å². The van der Waals surface area contributed by atoms with Crippen LogP contribution in [0.3, 0.4) is 0 Å². The number of amides is 1. The molecule has 1 aliphatic heterocycles. The number of carbonyl (C=O) groups is 2. The van der Waals surface area contributed by atoms with Crippen molar-refractivity contribution in [2.45, 2.75) is 32.4 Å². The number of halogens is 4. The Bertz CT molecular complexity index is 1390. The van der Waals surface area contributed by atoms with E-state index in [1.165, 1.54) is 24.4 Å². The Balaban J connectivity index is 1.99. The third-order valence-electron chi connectivity index (χ3n) is 6.09. The number of piperidine rings is 1. The second kappa shape index (κ2) is 13.7. The molecule has 3 rings (SSSR count). The van der Waals surface area contributed by atoms with Crippen molar-refractivity contribution < 1.29 is 22.8 Å². The van der Waals surface area contributed by atoms with Crippen molar-refractivity contribution in [3.05, 3.63) is 88.7 Å². The third kappa shape index (κ3) is 7.69. The molecular weight excluding hydrogens is 543 g/mol. The highest BCUT2D eigenvalue weighted by Crippen LogP contribution is 2.37. The number of alkyl halides is 3. The summed E-state index contributed by atoms with van der Waals surface area (Å²) in [6.07, 6.45) is 4.86. The first-order chi connectivity index (χ1) is 19.1. The third-order valence-corrected chi connectivity index (χ3v) is 6.42. The smallest absolute Gasteiger partial charge is 0.404 e. The summed E-state index contributed by atoms with van der Waals surface area (Å²) in [6.45, 7) is 6.82. The van der Waals surface area contributed by atoms with Gasteiger partial charge in [0.05, 0.1) is 27.5 Å². The second-order valence-electron chi connectivity index (χ2n) is 8.79. The molecule has 0 bridgehead atoms. The van der Waals surface area contributed by atoms with Gasteiger partial charge in [0.15, 0.2) is 5.78 Å². The van der Waals surface area contributed by atoms with E-state index in [2.05, 4.69) is 26.8 Å². The number of anilines is 2. The number of nitrogens with two attached hydrogens (primary N) is 1. The second-order valence-corrected chi connectivity index (χ2v) is 9.20. The molecule has 0 unspecified atom stereocenters. The fourth-order valence-corrected chi connectivity index (χ4v) is 4.27. The highest BCUT2D eigenvalue weighted by atomic mass is 35.5. The van der Waals surface area contributed by atoms with Crippen molar-refractivity contribution in [2.75, 3.05) is 23.3 Å². The number of rotatable bonds is 9. The minimum atomic E-state index is -4.67. The van der Waals surface area contributed by atoms with E-state index >= 15 is 0 Å². The van der Waals surface area contributed by atoms with E-state index in [4.69, 9.17) is 17.3 Å². The molecule has 0 spiro atoms. The van der Waals surface area contributed by atoms with Crippen LogP contribution in [0, 0.1) is 0 Å². The molecule has 40 heavy (non-hydrogen) atoms. The zero-order chi connectivity index (χ0) is 29.3. The van der Waals surface area contributed by atoms with Gasteiger partial charge in [0.25, 0.3) is 5.91 Å². The van der Waals surface area contributed by atoms with Crippen LogP contribution in [0.2, 0.25) is 5.02 Å². The summed E-state index contributed by atoms with van der Waals surface area (Å²) < 4.78 is 39.8. The van der Waals surface area contributed by atoms with E-state index in [1.807, 2.05) is 6.07 Å². The van der Waals surface area contributed by atoms with Crippen molar-refractivity contribution in [1.82, 2.24) is 0 Å². The van der Waals surface area contributed by atoms with Gasteiger partial charge in [-0.2, -0.15) is 13.2 Å². The summed E-state index contributed by atoms with van der Waals surface area (Å²) in [6, 6.07) is 8.24. The number of hydrogen-bond donors (Lipinski definition) is 2. The Labute approximate surface area is 235 Å². The number of nitrogens with zero attached hydrogens (tertiary/aromatic N) is 3. The average molecular weight is 572 g/mol. The highest BCUT2D eigenvalue weighted by molar-refractivity contribution is 6.31. The topological polar surface area (TPSA) is 100 Å². The minimum Gasteiger partial charge on any atom is -0.404 e. The molecule has 0 atom stereocenters. The predicted molar refractivity (Wildman–Crippen MR) is 155 cm³/mol. The average Bonchev–Trinajstić information content (AvgIpc) is 2.94. The van der Waals surface area contributed by atoms with Crippen molar-refractivity contribution in [3.8, 4) is 0 Å². The van der Waals surface area contributed by atoms with E-state index < -0.39 is 28.5 Å². The van der Waals surface area contributed by atoms with E-state index in [-0.39, 0.29) is 28.2 Å². The molecule has 0 saturated carbocycles. The van der Waals surface area contributed by atoms with Crippen LogP contribution < -0.4 is 16.0 Å². The standard InChI is InChI=1S/C29H29ClF3N5O2/c1-3-12-35-25(4-2)28(40)37-26-11-9-21(38-13-6-5-7-14-38)16-22(26)27(39)19(17-34)18-36-20-8-10-24(30)23(15-20)29(31,32)33/h3-4,8-12,15-18H,1,5-7,13-14,34H2,2H3,(H,37,40)/b19-17+,25-4-,35-12?,36-18?. The zero-order valence-electron chi connectivity index (χ0n) is 21.8. The first kappa shape index (κ1) is 30.4. The van der Waals surface area contributed by atoms with E-state index in [9.17, 15) is 22.8 Å². The number of benzene rings is 2. The van der Waals surface area contributed by atoms with Crippen LogP contribution in [-0.2, 0) is 11.0 Å². The van der Waals surface area contributed by atoms with Gasteiger partial charge in [-0.05, 0) is 62.6 Å². The van der Waals surface area contributed by atoms with Gasteiger partial charge in [-0.15, -0.1) is 0 Å². The molecule has 2 aromatic carbocycles. The van der Waals surface area contributed by atoms with Crippen LogP contribution >= 0.6 is 11.6 Å². The lowest BCUT2D eigenvalue weighted by Crippen LogP contribution is -2.29. The Morgan fingerprint density at radius 3 is 2.48 bits per heavy atom. The quantitative estimate of drug-likeness (QED) is 0.195. The Morgan fingerprint density at radius 1 is 1.12 bits per heavy atom. The summed E-state index contributed by atoms with van der Waals surface area (Å²) in [4.78, 5) is 36.8. The lowest BCUT2D eigenvalue weighted by Gasteiger charge is -2.29. The fourth-order valence-electron chi connectivity index (χ4n) is 4.05. The van der Waals surface area contributed by atoms with E-state index in [0.29, 0.717) is 0 Å². The molecule has 0 aliphatic carbocycles. The largest absolute Gasteiger partial charge is 0.417 e. The molecular formula is C29H29ClF3N5O2. The molecule has 1 heterocycles. The van der Waals surface area contributed by atoms with Crippen molar-refractivity contribution in [3.63, 3.8) is 0 Å². The molecule has 0 aromatic heterocycles. The number of aliphatic imine (C=N–C) groups is 2. The van der Waals surface area contributed by atoms with Gasteiger partial charge in [-0.3, -0.25) is 19.6 Å². The molecule has 210 valence electrons.